The lowest BCUT2D eigenvalue weighted by molar-refractivity contribution is -0.129. The van der Waals surface area contributed by atoms with Gasteiger partial charge in [-0.05, 0) is 61.9 Å². The third kappa shape index (κ3) is 5.31. The van der Waals surface area contributed by atoms with Crippen LogP contribution in [0.3, 0.4) is 0 Å². The Balaban J connectivity index is 1.22. The Morgan fingerprint density at radius 2 is 1.98 bits per heavy atom. The Labute approximate surface area is 242 Å². The molecule has 3 unspecified atom stereocenters. The fourth-order valence-electron chi connectivity index (χ4n) is 6.19. The number of ether oxygens (including phenoxy) is 1. The molecule has 0 aliphatic carbocycles. The Morgan fingerprint density at radius 1 is 1.17 bits per heavy atom. The van der Waals surface area contributed by atoms with E-state index in [2.05, 4.69) is 22.5 Å². The van der Waals surface area contributed by atoms with Crippen molar-refractivity contribution >= 4 is 35.3 Å². The second-order valence-electron chi connectivity index (χ2n) is 10.7. The molecule has 0 bridgehead atoms. The SMILES string of the molecule is C=CC(=O)N1C[C@H](F)C[C@@H](NC(=O)C2=C3NC(=O)N(c4ccc(Oc5ccccc5)cc4C)C4CCNC(S2)C34)C1. The molecule has 41 heavy (non-hydrogen) atoms. The van der Waals surface area contributed by atoms with E-state index in [0.29, 0.717) is 22.9 Å². The maximum absolute atomic E-state index is 14.4. The molecule has 11 heteroatoms. The summed E-state index contributed by atoms with van der Waals surface area (Å²) in [6, 6.07) is 14.2. The van der Waals surface area contributed by atoms with Crippen LogP contribution in [0.15, 0.2) is 71.8 Å². The topological polar surface area (TPSA) is 103 Å². The summed E-state index contributed by atoms with van der Waals surface area (Å²) in [5.41, 5.74) is 2.29. The first-order valence-corrected chi connectivity index (χ1v) is 14.6. The number of alkyl halides is 1. The summed E-state index contributed by atoms with van der Waals surface area (Å²) in [7, 11) is 0. The second-order valence-corrected chi connectivity index (χ2v) is 11.9. The number of benzene rings is 2. The number of hydrogen-bond acceptors (Lipinski definition) is 6. The Hall–Kier alpha value is -3.83. The normalized spacial score (nSPS) is 27.2. The predicted molar refractivity (Wildman–Crippen MR) is 155 cm³/mol. The fraction of sp³-hybridized carbons (Fsp3) is 0.367. The molecule has 0 saturated carbocycles. The monoisotopic (exact) mass is 577 g/mol. The Morgan fingerprint density at radius 3 is 2.73 bits per heavy atom. The third-order valence-electron chi connectivity index (χ3n) is 7.98. The first-order chi connectivity index (χ1) is 19.8. The molecule has 4 heterocycles. The number of likely N-dealkylation sites (tertiary alicyclic amines) is 1. The van der Waals surface area contributed by atoms with Crippen LogP contribution in [0.5, 0.6) is 11.5 Å². The number of piperidine rings is 2. The smallest absolute Gasteiger partial charge is 0.326 e. The van der Waals surface area contributed by atoms with Gasteiger partial charge in [0.05, 0.1) is 22.9 Å². The van der Waals surface area contributed by atoms with Crippen LogP contribution in [-0.2, 0) is 9.59 Å². The molecular formula is C30H32FN5O4S. The molecule has 0 spiro atoms. The molecule has 0 aromatic heterocycles. The summed E-state index contributed by atoms with van der Waals surface area (Å²) >= 11 is 1.39. The molecule has 4 amide bonds. The van der Waals surface area contributed by atoms with Crippen molar-refractivity contribution < 1.29 is 23.5 Å². The van der Waals surface area contributed by atoms with Crippen LogP contribution in [0.4, 0.5) is 14.9 Å². The van der Waals surface area contributed by atoms with Crippen LogP contribution in [0, 0.1) is 12.8 Å². The number of urea groups is 1. The standard InChI is InChI=1S/C30H32FN5O4S/c1-3-24(37)35-15-18(31)14-19(16-35)33-28(38)27-26-25-23(11-12-32-29(25)41-27)36(30(39)34-26)22-10-9-21(13-17(22)2)40-20-7-5-4-6-8-20/h3-10,13,18-19,23,25,29,32H,1,11-12,14-16H2,2H3,(H,33,38)(H,34,39)/t18-,19-,23?,25?,29?/m1/s1. The minimum absolute atomic E-state index is 0.0136. The van der Waals surface area contributed by atoms with Gasteiger partial charge in [0.25, 0.3) is 5.91 Å². The van der Waals surface area contributed by atoms with E-state index in [1.807, 2.05) is 55.5 Å². The minimum atomic E-state index is -1.24. The number of thioether (sulfide) groups is 1. The quantitative estimate of drug-likeness (QED) is 0.452. The van der Waals surface area contributed by atoms with Gasteiger partial charge in [0, 0.05) is 36.3 Å². The predicted octanol–water partition coefficient (Wildman–Crippen LogP) is 3.82. The molecule has 2 aromatic rings. The number of halogens is 1. The van der Waals surface area contributed by atoms with Crippen LogP contribution in [-0.4, -0.2) is 66.0 Å². The van der Waals surface area contributed by atoms with Crippen molar-refractivity contribution in [3.63, 3.8) is 0 Å². The first-order valence-electron chi connectivity index (χ1n) is 13.8. The van der Waals surface area contributed by atoms with Gasteiger partial charge in [0.2, 0.25) is 5.91 Å². The molecule has 4 aliphatic heterocycles. The van der Waals surface area contributed by atoms with Gasteiger partial charge in [-0.1, -0.05) is 36.5 Å². The van der Waals surface area contributed by atoms with Crippen LogP contribution in [0.1, 0.15) is 18.4 Å². The molecule has 3 saturated heterocycles. The molecular weight excluding hydrogens is 545 g/mol. The maximum Gasteiger partial charge on any atom is 0.326 e. The van der Waals surface area contributed by atoms with E-state index in [1.165, 1.54) is 16.7 Å². The van der Waals surface area contributed by atoms with Crippen molar-refractivity contribution in [2.75, 3.05) is 24.5 Å². The van der Waals surface area contributed by atoms with Gasteiger partial charge in [-0.3, -0.25) is 14.5 Å². The number of aryl methyl sites for hydroxylation is 1. The third-order valence-corrected chi connectivity index (χ3v) is 9.33. The molecule has 4 aliphatic rings. The van der Waals surface area contributed by atoms with E-state index < -0.39 is 12.2 Å². The van der Waals surface area contributed by atoms with Crippen molar-refractivity contribution in [3.8, 4) is 11.5 Å². The second kappa shape index (κ2) is 11.2. The summed E-state index contributed by atoms with van der Waals surface area (Å²) in [5.74, 6) is 0.566. The number of carbonyl (C=O) groups excluding carboxylic acids is 3. The molecule has 3 fully saturated rings. The van der Waals surface area contributed by atoms with Gasteiger partial charge >= 0.3 is 6.03 Å². The van der Waals surface area contributed by atoms with Crippen LogP contribution < -0.4 is 25.6 Å². The molecule has 214 valence electrons. The lowest BCUT2D eigenvalue weighted by Crippen LogP contribution is -2.62. The largest absolute Gasteiger partial charge is 0.457 e. The zero-order chi connectivity index (χ0) is 28.7. The zero-order valence-electron chi connectivity index (χ0n) is 22.6. The molecule has 5 atom stereocenters. The van der Waals surface area contributed by atoms with Crippen molar-refractivity contribution in [2.24, 2.45) is 5.92 Å². The fourth-order valence-corrected chi connectivity index (χ4v) is 7.59. The molecule has 2 aromatic carbocycles. The summed E-state index contributed by atoms with van der Waals surface area (Å²) in [6.07, 6.45) is 0.757. The van der Waals surface area contributed by atoms with Crippen molar-refractivity contribution in [1.29, 1.82) is 0 Å². The zero-order valence-corrected chi connectivity index (χ0v) is 23.5. The van der Waals surface area contributed by atoms with Gasteiger partial charge in [0.15, 0.2) is 0 Å². The van der Waals surface area contributed by atoms with Gasteiger partial charge < -0.3 is 25.6 Å². The number of nitrogens with one attached hydrogen (secondary N) is 3. The van der Waals surface area contributed by atoms with Crippen LogP contribution >= 0.6 is 11.8 Å². The van der Waals surface area contributed by atoms with Crippen molar-refractivity contribution in [1.82, 2.24) is 20.9 Å². The number of hydrogen-bond donors (Lipinski definition) is 3. The van der Waals surface area contributed by atoms with E-state index in [-0.39, 0.29) is 54.7 Å². The number of rotatable bonds is 6. The highest BCUT2D eigenvalue weighted by Crippen LogP contribution is 2.48. The number of nitrogens with zero attached hydrogens (tertiary/aromatic N) is 2. The summed E-state index contributed by atoms with van der Waals surface area (Å²) in [5, 5.41) is 9.33. The number of carbonyl (C=O) groups is 3. The maximum atomic E-state index is 14.4. The van der Waals surface area contributed by atoms with E-state index in [0.717, 1.165) is 29.5 Å². The van der Waals surface area contributed by atoms with Gasteiger partial charge in [-0.2, -0.15) is 0 Å². The average Bonchev–Trinajstić information content (AvgIpc) is 3.33. The van der Waals surface area contributed by atoms with Crippen molar-refractivity contribution in [2.45, 2.75) is 43.4 Å². The molecule has 3 N–H and O–H groups in total. The highest BCUT2D eigenvalue weighted by Gasteiger charge is 2.52. The van der Waals surface area contributed by atoms with Crippen LogP contribution in [0.25, 0.3) is 0 Å². The van der Waals surface area contributed by atoms with E-state index in [1.54, 1.807) is 4.90 Å². The summed E-state index contributed by atoms with van der Waals surface area (Å²) < 4.78 is 20.4. The highest BCUT2D eigenvalue weighted by molar-refractivity contribution is 8.04. The van der Waals surface area contributed by atoms with E-state index in [4.69, 9.17) is 4.74 Å². The van der Waals surface area contributed by atoms with Gasteiger partial charge in [-0.15, -0.1) is 0 Å². The molecule has 6 rings (SSSR count). The number of para-hydroxylation sites is 1. The van der Waals surface area contributed by atoms with Crippen molar-refractivity contribution in [3.05, 3.63) is 77.4 Å². The summed E-state index contributed by atoms with van der Waals surface area (Å²) in [4.78, 5) is 42.7. The Kier molecular flexibility index (Phi) is 7.48. The lowest BCUT2D eigenvalue weighted by Gasteiger charge is -2.46. The minimum Gasteiger partial charge on any atom is -0.457 e. The highest BCUT2D eigenvalue weighted by atomic mass is 32.2. The van der Waals surface area contributed by atoms with E-state index >= 15 is 0 Å². The summed E-state index contributed by atoms with van der Waals surface area (Å²) in [6.45, 7) is 6.33. The first kappa shape index (κ1) is 27.3. The van der Waals surface area contributed by atoms with E-state index in [9.17, 15) is 18.8 Å². The Bertz CT molecular complexity index is 1420. The number of anilines is 1. The van der Waals surface area contributed by atoms with Crippen LogP contribution in [0.2, 0.25) is 0 Å². The molecule has 9 nitrogen and oxygen atoms in total. The van der Waals surface area contributed by atoms with Gasteiger partial charge in [-0.25, -0.2) is 9.18 Å². The van der Waals surface area contributed by atoms with Gasteiger partial charge in [0.1, 0.15) is 17.7 Å². The number of amides is 4. The molecule has 0 radical (unpaired) electrons. The lowest BCUT2D eigenvalue weighted by atomic mass is 9.86. The average molecular weight is 578 g/mol.